The van der Waals surface area contributed by atoms with Gasteiger partial charge in [-0.05, 0) is 43.4 Å². The molecule has 1 N–H and O–H groups in total. The average molecular weight is 367 g/mol. The molecular weight excluding hydrogens is 336 g/mol. The van der Waals surface area contributed by atoms with E-state index in [0.717, 1.165) is 51.1 Å². The summed E-state index contributed by atoms with van der Waals surface area (Å²) < 4.78 is 2.13. The van der Waals surface area contributed by atoms with Crippen molar-refractivity contribution in [1.82, 2.24) is 20.0 Å². The molecule has 1 aromatic heterocycles. The lowest BCUT2D eigenvalue weighted by Crippen LogP contribution is -2.34. The minimum atomic E-state index is 0.167. The fourth-order valence-corrected chi connectivity index (χ4v) is 3.79. The van der Waals surface area contributed by atoms with Crippen LogP contribution in [-0.2, 0) is 24.3 Å². The Morgan fingerprint density at radius 1 is 1.26 bits per heavy atom. The topological polar surface area (TPSA) is 50.2 Å². The summed E-state index contributed by atoms with van der Waals surface area (Å²) in [4.78, 5) is 14.4. The van der Waals surface area contributed by atoms with E-state index in [1.165, 1.54) is 17.7 Å². The van der Waals surface area contributed by atoms with E-state index in [2.05, 4.69) is 58.2 Å². The Labute approximate surface area is 161 Å². The SMILES string of the molecule is C[C@H](CCN1CCn2nc(CCC(=O)NC3CC3)cc2C1)c1ccccc1. The second kappa shape index (κ2) is 8.26. The van der Waals surface area contributed by atoms with E-state index in [9.17, 15) is 4.79 Å². The smallest absolute Gasteiger partial charge is 0.220 e. The van der Waals surface area contributed by atoms with Crippen LogP contribution >= 0.6 is 0 Å². The number of aryl methyl sites for hydroxylation is 1. The highest BCUT2D eigenvalue weighted by atomic mass is 16.1. The van der Waals surface area contributed by atoms with Gasteiger partial charge < -0.3 is 5.32 Å². The molecule has 0 bridgehead atoms. The number of amides is 1. The zero-order chi connectivity index (χ0) is 18.6. The molecule has 1 aliphatic carbocycles. The van der Waals surface area contributed by atoms with Crippen LogP contribution in [0.25, 0.3) is 0 Å². The first-order valence-corrected chi connectivity index (χ1v) is 10.3. The number of nitrogens with one attached hydrogen (secondary N) is 1. The van der Waals surface area contributed by atoms with Crippen LogP contribution in [0.15, 0.2) is 36.4 Å². The van der Waals surface area contributed by atoms with Crippen molar-refractivity contribution in [3.05, 3.63) is 53.3 Å². The van der Waals surface area contributed by atoms with Gasteiger partial charge in [-0.2, -0.15) is 5.10 Å². The molecule has 2 heterocycles. The molecule has 0 unspecified atom stereocenters. The van der Waals surface area contributed by atoms with Crippen LogP contribution in [0.3, 0.4) is 0 Å². The van der Waals surface area contributed by atoms with Crippen molar-refractivity contribution in [2.24, 2.45) is 0 Å². The summed E-state index contributed by atoms with van der Waals surface area (Å²) in [5.74, 6) is 0.749. The van der Waals surface area contributed by atoms with Gasteiger partial charge in [0.2, 0.25) is 5.91 Å². The summed E-state index contributed by atoms with van der Waals surface area (Å²) >= 11 is 0. The van der Waals surface area contributed by atoms with Gasteiger partial charge in [-0.15, -0.1) is 0 Å². The molecule has 5 nitrogen and oxygen atoms in total. The lowest BCUT2D eigenvalue weighted by Gasteiger charge is -2.28. The van der Waals surface area contributed by atoms with Crippen molar-refractivity contribution >= 4 is 5.91 Å². The quantitative estimate of drug-likeness (QED) is 0.781. The van der Waals surface area contributed by atoms with Crippen LogP contribution in [0.1, 0.15) is 55.5 Å². The molecule has 0 saturated heterocycles. The van der Waals surface area contributed by atoms with E-state index in [4.69, 9.17) is 5.10 Å². The second-order valence-electron chi connectivity index (χ2n) is 8.07. The summed E-state index contributed by atoms with van der Waals surface area (Å²) in [5.41, 5.74) is 3.76. The number of hydrogen-bond acceptors (Lipinski definition) is 3. The normalized spacial score (nSPS) is 18.1. The summed E-state index contributed by atoms with van der Waals surface area (Å²) in [6.45, 7) is 6.39. The van der Waals surface area contributed by atoms with Crippen molar-refractivity contribution in [2.75, 3.05) is 13.1 Å². The van der Waals surface area contributed by atoms with E-state index in [1.54, 1.807) is 0 Å². The van der Waals surface area contributed by atoms with Crippen LogP contribution in [0.5, 0.6) is 0 Å². The molecule has 1 atom stereocenters. The van der Waals surface area contributed by atoms with E-state index in [-0.39, 0.29) is 5.91 Å². The van der Waals surface area contributed by atoms with Crippen LogP contribution < -0.4 is 5.32 Å². The molecule has 1 aromatic carbocycles. The van der Waals surface area contributed by atoms with Crippen molar-refractivity contribution in [2.45, 2.75) is 64.1 Å². The van der Waals surface area contributed by atoms with Crippen LogP contribution in [0.4, 0.5) is 0 Å². The van der Waals surface area contributed by atoms with E-state index in [0.29, 0.717) is 18.4 Å². The number of nitrogens with zero attached hydrogens (tertiary/aromatic N) is 3. The molecule has 1 fully saturated rings. The van der Waals surface area contributed by atoms with Gasteiger partial charge in [0.25, 0.3) is 0 Å². The monoisotopic (exact) mass is 366 g/mol. The molecule has 5 heteroatoms. The van der Waals surface area contributed by atoms with Gasteiger partial charge in [0.15, 0.2) is 0 Å². The third-order valence-corrected chi connectivity index (χ3v) is 5.73. The lowest BCUT2D eigenvalue weighted by atomic mass is 9.97. The summed E-state index contributed by atoms with van der Waals surface area (Å²) in [6, 6.07) is 13.4. The number of benzene rings is 1. The van der Waals surface area contributed by atoms with Crippen molar-refractivity contribution < 1.29 is 4.79 Å². The Kier molecular flexibility index (Phi) is 5.58. The van der Waals surface area contributed by atoms with Crippen LogP contribution in [0, 0.1) is 0 Å². The Bertz CT molecular complexity index is 766. The van der Waals surface area contributed by atoms with Gasteiger partial charge in [-0.1, -0.05) is 37.3 Å². The van der Waals surface area contributed by atoms with Gasteiger partial charge in [0.1, 0.15) is 0 Å². The van der Waals surface area contributed by atoms with E-state index >= 15 is 0 Å². The number of aromatic nitrogens is 2. The summed E-state index contributed by atoms with van der Waals surface area (Å²) in [6.07, 6.45) is 4.74. The Morgan fingerprint density at radius 3 is 2.85 bits per heavy atom. The Hall–Kier alpha value is -2.14. The first-order chi connectivity index (χ1) is 13.2. The third-order valence-electron chi connectivity index (χ3n) is 5.73. The fourth-order valence-electron chi connectivity index (χ4n) is 3.79. The van der Waals surface area contributed by atoms with Crippen LogP contribution in [0.2, 0.25) is 0 Å². The Balaban J connectivity index is 1.25. The third kappa shape index (κ3) is 4.98. The predicted octanol–water partition coefficient (Wildman–Crippen LogP) is 3.10. The predicted molar refractivity (Wildman–Crippen MR) is 106 cm³/mol. The van der Waals surface area contributed by atoms with Crippen molar-refractivity contribution in [3.63, 3.8) is 0 Å². The minimum Gasteiger partial charge on any atom is -0.353 e. The second-order valence-corrected chi connectivity index (χ2v) is 8.07. The Morgan fingerprint density at radius 2 is 2.07 bits per heavy atom. The maximum atomic E-state index is 11.9. The molecule has 2 aliphatic rings. The first-order valence-electron chi connectivity index (χ1n) is 10.3. The molecule has 1 amide bonds. The molecule has 0 radical (unpaired) electrons. The van der Waals surface area contributed by atoms with Gasteiger partial charge >= 0.3 is 0 Å². The minimum absolute atomic E-state index is 0.167. The van der Waals surface area contributed by atoms with E-state index < -0.39 is 0 Å². The van der Waals surface area contributed by atoms with Gasteiger partial charge in [-0.3, -0.25) is 14.4 Å². The van der Waals surface area contributed by atoms with Crippen molar-refractivity contribution in [1.29, 1.82) is 0 Å². The molecule has 27 heavy (non-hydrogen) atoms. The number of hydrogen-bond donors (Lipinski definition) is 1. The zero-order valence-electron chi connectivity index (χ0n) is 16.2. The highest BCUT2D eigenvalue weighted by Crippen LogP contribution is 2.21. The van der Waals surface area contributed by atoms with E-state index in [1.807, 2.05) is 0 Å². The molecule has 0 spiro atoms. The lowest BCUT2D eigenvalue weighted by molar-refractivity contribution is -0.121. The largest absolute Gasteiger partial charge is 0.353 e. The number of fused-ring (bicyclic) bond motifs is 1. The van der Waals surface area contributed by atoms with Gasteiger partial charge in [0.05, 0.1) is 17.9 Å². The van der Waals surface area contributed by atoms with Crippen LogP contribution in [-0.4, -0.2) is 39.7 Å². The van der Waals surface area contributed by atoms with Gasteiger partial charge in [0, 0.05) is 32.0 Å². The van der Waals surface area contributed by atoms with Gasteiger partial charge in [-0.25, -0.2) is 0 Å². The maximum Gasteiger partial charge on any atom is 0.220 e. The molecule has 2 aromatic rings. The molecular formula is C22H30N4O. The molecule has 144 valence electrons. The highest BCUT2D eigenvalue weighted by molar-refractivity contribution is 5.76. The number of carbonyl (C=O) groups is 1. The fraction of sp³-hybridized carbons (Fsp3) is 0.545. The average Bonchev–Trinajstić information content (AvgIpc) is 3.40. The highest BCUT2D eigenvalue weighted by Gasteiger charge is 2.23. The summed E-state index contributed by atoms with van der Waals surface area (Å²) in [5, 5.41) is 7.76. The number of rotatable bonds is 8. The maximum absolute atomic E-state index is 11.9. The summed E-state index contributed by atoms with van der Waals surface area (Å²) in [7, 11) is 0. The van der Waals surface area contributed by atoms with Crippen molar-refractivity contribution in [3.8, 4) is 0 Å². The molecule has 1 saturated carbocycles. The zero-order valence-corrected chi connectivity index (χ0v) is 16.2. The number of carbonyl (C=O) groups excluding carboxylic acids is 1. The molecule has 1 aliphatic heterocycles. The standard InChI is InChI=1S/C22H30N4O/c1-17(18-5-3-2-4-6-18)11-12-25-13-14-26-21(16-25)15-20(24-26)9-10-22(27)23-19-7-8-19/h2-6,15,17,19H,7-14,16H2,1H3,(H,23,27)/t17-/m1/s1. The molecule has 4 rings (SSSR count). The first kappa shape index (κ1) is 18.2.